The number of aryl methyl sites for hydroxylation is 2. The van der Waals surface area contributed by atoms with Gasteiger partial charge in [0, 0.05) is 12.6 Å². The number of hydrogen-bond acceptors (Lipinski definition) is 2. The molecule has 0 aromatic heterocycles. The Bertz CT molecular complexity index is 680. The van der Waals surface area contributed by atoms with Crippen LogP contribution in [0.4, 0.5) is 0 Å². The van der Waals surface area contributed by atoms with E-state index in [2.05, 4.69) is 36.5 Å². The van der Waals surface area contributed by atoms with Gasteiger partial charge in [-0.1, -0.05) is 30.3 Å². The zero-order valence-corrected chi connectivity index (χ0v) is 13.1. The zero-order chi connectivity index (χ0) is 15.4. The summed E-state index contributed by atoms with van der Waals surface area (Å²) in [7, 11) is 0. The van der Waals surface area contributed by atoms with Crippen LogP contribution in [-0.4, -0.2) is 0 Å². The van der Waals surface area contributed by atoms with E-state index >= 15 is 0 Å². The molecule has 2 nitrogen and oxygen atoms in total. The van der Waals surface area contributed by atoms with Gasteiger partial charge in [0.1, 0.15) is 0 Å². The predicted molar refractivity (Wildman–Crippen MR) is 89.5 cm³/mol. The van der Waals surface area contributed by atoms with Crippen LogP contribution in [0, 0.1) is 11.3 Å². The van der Waals surface area contributed by atoms with Crippen LogP contribution in [0.2, 0.25) is 0 Å². The Hall–Kier alpha value is -2.11. The van der Waals surface area contributed by atoms with Gasteiger partial charge >= 0.3 is 0 Å². The molecule has 0 fully saturated rings. The molecule has 2 aromatic rings. The average molecular weight is 290 g/mol. The van der Waals surface area contributed by atoms with Gasteiger partial charge < -0.3 is 5.32 Å². The quantitative estimate of drug-likeness (QED) is 0.912. The van der Waals surface area contributed by atoms with E-state index in [0.29, 0.717) is 11.6 Å². The van der Waals surface area contributed by atoms with Crippen molar-refractivity contribution in [2.24, 2.45) is 0 Å². The van der Waals surface area contributed by atoms with Crippen molar-refractivity contribution < 1.29 is 0 Å². The first-order valence-corrected chi connectivity index (χ1v) is 8.10. The molecule has 0 saturated heterocycles. The second-order valence-electron chi connectivity index (χ2n) is 6.15. The Kier molecular flexibility index (Phi) is 4.56. The van der Waals surface area contributed by atoms with Crippen LogP contribution in [0.3, 0.4) is 0 Å². The predicted octanol–water partition coefficient (Wildman–Crippen LogP) is 4.29. The molecule has 1 N–H and O–H groups in total. The van der Waals surface area contributed by atoms with Gasteiger partial charge in [-0.15, -0.1) is 0 Å². The Morgan fingerprint density at radius 2 is 1.77 bits per heavy atom. The third kappa shape index (κ3) is 3.37. The Morgan fingerprint density at radius 3 is 2.50 bits per heavy atom. The summed E-state index contributed by atoms with van der Waals surface area (Å²) >= 11 is 0. The molecular weight excluding hydrogens is 268 g/mol. The fraction of sp³-hybridized carbons (Fsp3) is 0.350. The Morgan fingerprint density at radius 1 is 1.05 bits per heavy atom. The molecule has 22 heavy (non-hydrogen) atoms. The molecule has 3 rings (SSSR count). The van der Waals surface area contributed by atoms with Gasteiger partial charge in [-0.05, 0) is 67.0 Å². The Balaban J connectivity index is 1.64. The first-order chi connectivity index (χ1) is 10.8. The summed E-state index contributed by atoms with van der Waals surface area (Å²) in [5.74, 6) is 0. The highest BCUT2D eigenvalue weighted by Crippen LogP contribution is 2.24. The lowest BCUT2D eigenvalue weighted by molar-refractivity contribution is 0.572. The fourth-order valence-corrected chi connectivity index (χ4v) is 3.11. The van der Waals surface area contributed by atoms with Crippen molar-refractivity contribution in [1.82, 2.24) is 5.32 Å². The summed E-state index contributed by atoms with van der Waals surface area (Å²) in [6.07, 6.45) is 5.12. The number of benzene rings is 2. The van der Waals surface area contributed by atoms with Crippen LogP contribution < -0.4 is 5.32 Å². The van der Waals surface area contributed by atoms with Gasteiger partial charge in [0.2, 0.25) is 0 Å². The molecule has 0 radical (unpaired) electrons. The lowest BCUT2D eigenvalue weighted by Gasteiger charge is -2.20. The summed E-state index contributed by atoms with van der Waals surface area (Å²) in [6, 6.07) is 17.2. The van der Waals surface area contributed by atoms with Crippen molar-refractivity contribution in [3.8, 4) is 6.07 Å². The first-order valence-electron chi connectivity index (χ1n) is 8.10. The van der Waals surface area contributed by atoms with E-state index in [0.717, 1.165) is 6.54 Å². The number of rotatable bonds is 4. The number of hydrogen-bond donors (Lipinski definition) is 1. The molecule has 1 aliphatic rings. The minimum absolute atomic E-state index is 0.336. The summed E-state index contributed by atoms with van der Waals surface area (Å²) in [4.78, 5) is 0. The Labute approximate surface area is 132 Å². The third-order valence-corrected chi connectivity index (χ3v) is 4.57. The summed E-state index contributed by atoms with van der Waals surface area (Å²) in [6.45, 7) is 3.04. The van der Waals surface area contributed by atoms with Crippen molar-refractivity contribution in [2.75, 3.05) is 0 Å². The van der Waals surface area contributed by atoms with Crippen LogP contribution in [0.15, 0.2) is 42.5 Å². The molecule has 0 aliphatic heterocycles. The van der Waals surface area contributed by atoms with Crippen molar-refractivity contribution in [1.29, 1.82) is 5.26 Å². The lowest BCUT2D eigenvalue weighted by atomic mass is 9.89. The number of nitrogens with one attached hydrogen (secondary N) is 1. The van der Waals surface area contributed by atoms with Gasteiger partial charge in [0.15, 0.2) is 0 Å². The minimum atomic E-state index is 0.336. The van der Waals surface area contributed by atoms with Crippen LogP contribution in [-0.2, 0) is 19.4 Å². The molecule has 0 saturated carbocycles. The van der Waals surface area contributed by atoms with Crippen molar-refractivity contribution >= 4 is 0 Å². The van der Waals surface area contributed by atoms with Crippen molar-refractivity contribution in [2.45, 2.75) is 45.2 Å². The molecule has 1 unspecified atom stereocenters. The third-order valence-electron chi connectivity index (χ3n) is 4.57. The summed E-state index contributed by atoms with van der Waals surface area (Å²) in [5, 5.41) is 12.4. The van der Waals surface area contributed by atoms with E-state index < -0.39 is 0 Å². The van der Waals surface area contributed by atoms with E-state index in [1.807, 2.05) is 24.3 Å². The van der Waals surface area contributed by atoms with E-state index in [4.69, 9.17) is 5.26 Å². The summed E-state index contributed by atoms with van der Waals surface area (Å²) in [5.41, 5.74) is 6.37. The first kappa shape index (κ1) is 14.8. The molecule has 2 aromatic carbocycles. The standard InChI is InChI=1S/C20H22N2/c1-15(22-14-17-8-6-16(13-21)7-9-17)19-11-10-18-4-2-3-5-20(18)12-19/h6-12,15,22H,2-5,14H2,1H3. The van der Waals surface area contributed by atoms with Gasteiger partial charge in [-0.2, -0.15) is 5.26 Å². The summed E-state index contributed by atoms with van der Waals surface area (Å²) < 4.78 is 0. The second-order valence-corrected chi connectivity index (χ2v) is 6.15. The lowest BCUT2D eigenvalue weighted by Crippen LogP contribution is -2.18. The maximum absolute atomic E-state index is 8.83. The van der Waals surface area contributed by atoms with Crippen molar-refractivity contribution in [3.63, 3.8) is 0 Å². The molecule has 2 heteroatoms. The zero-order valence-electron chi connectivity index (χ0n) is 13.1. The van der Waals surface area contributed by atoms with Crippen LogP contribution in [0.1, 0.15) is 53.6 Å². The maximum atomic E-state index is 8.83. The van der Waals surface area contributed by atoms with Gasteiger partial charge in [0.05, 0.1) is 11.6 Å². The van der Waals surface area contributed by atoms with Crippen molar-refractivity contribution in [3.05, 3.63) is 70.3 Å². The number of nitriles is 1. The molecule has 0 heterocycles. The van der Waals surface area contributed by atoms with Crippen LogP contribution in [0.5, 0.6) is 0 Å². The van der Waals surface area contributed by atoms with Gasteiger partial charge in [0.25, 0.3) is 0 Å². The second kappa shape index (κ2) is 6.77. The smallest absolute Gasteiger partial charge is 0.0991 e. The highest BCUT2D eigenvalue weighted by Gasteiger charge is 2.12. The maximum Gasteiger partial charge on any atom is 0.0991 e. The van der Waals surface area contributed by atoms with E-state index in [-0.39, 0.29) is 0 Å². The van der Waals surface area contributed by atoms with Crippen LogP contribution >= 0.6 is 0 Å². The number of nitrogens with zero attached hydrogens (tertiary/aromatic N) is 1. The monoisotopic (exact) mass is 290 g/mol. The average Bonchev–Trinajstić information content (AvgIpc) is 2.59. The van der Waals surface area contributed by atoms with E-state index in [1.54, 1.807) is 0 Å². The topological polar surface area (TPSA) is 35.8 Å². The largest absolute Gasteiger partial charge is 0.306 e. The molecule has 1 aliphatic carbocycles. The van der Waals surface area contributed by atoms with Crippen LogP contribution in [0.25, 0.3) is 0 Å². The molecule has 1 atom stereocenters. The molecule has 0 spiro atoms. The molecule has 0 amide bonds. The highest BCUT2D eigenvalue weighted by atomic mass is 14.9. The molecular formula is C20H22N2. The molecule has 112 valence electrons. The fourth-order valence-electron chi connectivity index (χ4n) is 3.11. The normalized spacial score (nSPS) is 14.9. The van der Waals surface area contributed by atoms with Gasteiger partial charge in [-0.3, -0.25) is 0 Å². The van der Waals surface area contributed by atoms with E-state index in [1.165, 1.54) is 47.9 Å². The van der Waals surface area contributed by atoms with Gasteiger partial charge in [-0.25, -0.2) is 0 Å². The highest BCUT2D eigenvalue weighted by molar-refractivity contribution is 5.35. The minimum Gasteiger partial charge on any atom is -0.306 e. The molecule has 0 bridgehead atoms. The van der Waals surface area contributed by atoms with E-state index in [9.17, 15) is 0 Å². The SMILES string of the molecule is CC(NCc1ccc(C#N)cc1)c1ccc2c(c1)CCCC2. The number of fused-ring (bicyclic) bond motifs is 1.